The third-order valence-corrected chi connectivity index (χ3v) is 0.716. The topological polar surface area (TPSA) is 34.9 Å². The summed E-state index contributed by atoms with van der Waals surface area (Å²) in [6.45, 7) is -2.47. The lowest BCUT2D eigenvalue weighted by Crippen LogP contribution is -2.16. The highest BCUT2D eigenvalue weighted by Gasteiger charge is 1.80. The average molecular weight is 113 g/mol. The van der Waals surface area contributed by atoms with Crippen LogP contribution >= 0.6 is 0 Å². The quantitative estimate of drug-likeness (QED) is 0.466. The number of nitrogens with zero attached hydrogens (tertiary/aromatic N) is 2. The highest BCUT2D eigenvalue weighted by atomic mass is 16.1. The summed E-state index contributed by atoms with van der Waals surface area (Å²) in [7, 11) is 0. The van der Waals surface area contributed by atoms with Gasteiger partial charge in [-0.2, -0.15) is 5.10 Å². The monoisotopic (exact) mass is 113 g/mol. The van der Waals surface area contributed by atoms with E-state index in [1.807, 2.05) is 0 Å². The Morgan fingerprint density at radius 1 is 2.00 bits per heavy atom. The van der Waals surface area contributed by atoms with E-state index in [0.29, 0.717) is 4.68 Å². The van der Waals surface area contributed by atoms with Crippen LogP contribution in [0.1, 0.15) is 4.11 Å². The Hall–Kier alpha value is -1.12. The third-order valence-electron chi connectivity index (χ3n) is 0.716. The summed E-state index contributed by atoms with van der Waals surface area (Å²) in [5.74, 6) is 0. The Morgan fingerprint density at radius 3 is 3.38 bits per heavy atom. The third kappa shape index (κ3) is 0.753. The first-order chi connectivity index (χ1) is 5.02. The Morgan fingerprint density at radius 2 is 2.88 bits per heavy atom. The van der Waals surface area contributed by atoms with Crippen molar-refractivity contribution in [1.29, 1.82) is 0 Å². The zero-order chi connectivity index (χ0) is 8.48. The number of hydrogen-bond acceptors (Lipinski definition) is 2. The Bertz CT molecular complexity index is 303. The van der Waals surface area contributed by atoms with Crippen LogP contribution in [-0.2, 0) is 6.98 Å². The predicted octanol–water partition coefficient (Wildman–Crippen LogP) is -0.220. The molecule has 0 saturated carbocycles. The molecule has 8 heavy (non-hydrogen) atoms. The van der Waals surface area contributed by atoms with Crippen LogP contribution in [0.2, 0.25) is 0 Å². The first-order valence-corrected chi connectivity index (χ1v) is 2.06. The highest BCUT2D eigenvalue weighted by molar-refractivity contribution is 4.83. The first kappa shape index (κ1) is 2.44. The molecule has 1 rings (SSSR count). The van der Waals surface area contributed by atoms with Crippen molar-refractivity contribution in [3.8, 4) is 0 Å². The fourth-order valence-electron chi connectivity index (χ4n) is 0.358. The van der Waals surface area contributed by atoms with Gasteiger partial charge in [0.05, 0.1) is 0 Å². The van der Waals surface area contributed by atoms with E-state index in [4.69, 9.17) is 4.11 Å². The van der Waals surface area contributed by atoms with Crippen LogP contribution in [0.4, 0.5) is 0 Å². The second kappa shape index (κ2) is 1.78. The van der Waals surface area contributed by atoms with Gasteiger partial charge in [-0.25, -0.2) is 4.68 Å². The second-order valence-electron chi connectivity index (χ2n) is 1.27. The molecule has 3 nitrogen and oxygen atoms in total. The summed E-state index contributed by atoms with van der Waals surface area (Å²) in [6, 6.07) is 2.55. The van der Waals surface area contributed by atoms with E-state index in [1.165, 1.54) is 12.3 Å². The van der Waals surface area contributed by atoms with Crippen LogP contribution in [0.5, 0.6) is 0 Å². The van der Waals surface area contributed by atoms with Crippen molar-refractivity contribution in [3.05, 3.63) is 28.7 Å². The Kier molecular flexibility index (Phi) is 0.541. The van der Waals surface area contributed by atoms with Gasteiger partial charge in [0.1, 0.15) is 0 Å². The SMILES string of the molecule is [2H]C([2H])([2H])n1ncccc1=O. The molecule has 42 valence electrons. The van der Waals surface area contributed by atoms with Crippen molar-refractivity contribution < 1.29 is 4.11 Å². The summed E-state index contributed by atoms with van der Waals surface area (Å²) >= 11 is 0. The minimum atomic E-state index is -2.47. The van der Waals surface area contributed by atoms with E-state index < -0.39 is 12.5 Å². The van der Waals surface area contributed by atoms with Gasteiger partial charge < -0.3 is 0 Å². The standard InChI is InChI=1S/C5H6N2O/c1-7-5(8)3-2-4-6-7/h2-4H,1H3/i1D3. The Balaban J connectivity index is 3.26. The van der Waals surface area contributed by atoms with E-state index in [1.54, 1.807) is 0 Å². The molecule has 0 spiro atoms. The van der Waals surface area contributed by atoms with E-state index in [2.05, 4.69) is 5.10 Å². The lowest BCUT2D eigenvalue weighted by atomic mass is 10.6. The molecule has 0 unspecified atom stereocenters. The summed E-state index contributed by atoms with van der Waals surface area (Å²) in [6.07, 6.45) is 1.26. The van der Waals surface area contributed by atoms with Crippen LogP contribution in [0.3, 0.4) is 0 Å². The van der Waals surface area contributed by atoms with Crippen LogP contribution < -0.4 is 5.56 Å². The van der Waals surface area contributed by atoms with E-state index in [0.717, 1.165) is 6.07 Å². The largest absolute Gasteiger partial charge is 0.268 e. The van der Waals surface area contributed by atoms with Gasteiger partial charge >= 0.3 is 0 Å². The molecule has 0 aliphatic heterocycles. The van der Waals surface area contributed by atoms with Crippen molar-refractivity contribution in [2.24, 2.45) is 6.98 Å². The first-order valence-electron chi connectivity index (χ1n) is 3.56. The number of aromatic nitrogens is 2. The van der Waals surface area contributed by atoms with Crippen LogP contribution in [0.25, 0.3) is 0 Å². The van der Waals surface area contributed by atoms with Crippen LogP contribution in [-0.4, -0.2) is 9.78 Å². The molecule has 1 aromatic heterocycles. The molecule has 0 aliphatic rings. The van der Waals surface area contributed by atoms with Gasteiger partial charge in [-0.05, 0) is 6.07 Å². The molecule has 0 radical (unpaired) electrons. The smallest absolute Gasteiger partial charge is 0.266 e. The van der Waals surface area contributed by atoms with Gasteiger partial charge in [-0.3, -0.25) is 4.79 Å². The van der Waals surface area contributed by atoms with E-state index in [-0.39, 0.29) is 0 Å². The fourth-order valence-corrected chi connectivity index (χ4v) is 0.358. The summed E-state index contributed by atoms with van der Waals surface area (Å²) in [5, 5.41) is 3.39. The maximum atomic E-state index is 10.8. The van der Waals surface area contributed by atoms with Crippen LogP contribution in [0, 0.1) is 0 Å². The van der Waals surface area contributed by atoms with E-state index >= 15 is 0 Å². The van der Waals surface area contributed by atoms with Crippen molar-refractivity contribution in [3.63, 3.8) is 0 Å². The van der Waals surface area contributed by atoms with Gasteiger partial charge in [-0.15, -0.1) is 0 Å². The molecular formula is C5H6N2O. The molecule has 1 aromatic rings. The normalized spacial score (nSPS) is 16.2. The van der Waals surface area contributed by atoms with Crippen molar-refractivity contribution >= 4 is 0 Å². The molecule has 0 N–H and O–H groups in total. The van der Waals surface area contributed by atoms with Gasteiger partial charge in [-0.1, -0.05) is 0 Å². The molecule has 0 saturated heterocycles. The molecule has 1 heterocycles. The maximum absolute atomic E-state index is 10.8. The van der Waals surface area contributed by atoms with Gasteiger partial charge in [0.15, 0.2) is 0 Å². The zero-order valence-electron chi connectivity index (χ0n) is 7.03. The Labute approximate surface area is 50.8 Å². The zero-order valence-corrected chi connectivity index (χ0v) is 4.03. The molecule has 0 atom stereocenters. The number of hydrogen-bond donors (Lipinski definition) is 0. The molecule has 0 amide bonds. The maximum Gasteiger partial charge on any atom is 0.266 e. The lowest BCUT2D eigenvalue weighted by molar-refractivity contribution is 0.707. The van der Waals surface area contributed by atoms with Gasteiger partial charge in [0.2, 0.25) is 0 Å². The lowest BCUT2D eigenvalue weighted by Gasteiger charge is -1.87. The van der Waals surface area contributed by atoms with Crippen molar-refractivity contribution in [2.45, 2.75) is 0 Å². The number of rotatable bonds is 0. The summed E-state index contributed by atoms with van der Waals surface area (Å²) in [4.78, 5) is 10.8. The fraction of sp³-hybridized carbons (Fsp3) is 0.200. The van der Waals surface area contributed by atoms with E-state index in [9.17, 15) is 4.79 Å². The molecule has 3 heteroatoms. The molecule has 0 aromatic carbocycles. The summed E-state index contributed by atoms with van der Waals surface area (Å²) < 4.78 is 21.0. The second-order valence-corrected chi connectivity index (χ2v) is 1.27. The summed E-state index contributed by atoms with van der Waals surface area (Å²) in [5.41, 5.74) is -0.618. The number of aryl methyl sites for hydroxylation is 1. The van der Waals surface area contributed by atoms with Crippen molar-refractivity contribution in [1.82, 2.24) is 9.78 Å². The molecule has 0 fully saturated rings. The molecular weight excluding hydrogens is 104 g/mol. The highest BCUT2D eigenvalue weighted by Crippen LogP contribution is 1.66. The van der Waals surface area contributed by atoms with Crippen molar-refractivity contribution in [2.75, 3.05) is 0 Å². The van der Waals surface area contributed by atoms with Gasteiger partial charge in [0, 0.05) is 23.4 Å². The minimum Gasteiger partial charge on any atom is -0.268 e. The molecule has 0 bridgehead atoms. The predicted molar refractivity (Wildman–Crippen MR) is 29.5 cm³/mol. The van der Waals surface area contributed by atoms with Gasteiger partial charge in [0.25, 0.3) is 5.56 Å². The average Bonchev–Trinajstić information content (AvgIpc) is 1.86. The molecule has 0 aliphatic carbocycles. The van der Waals surface area contributed by atoms with Crippen LogP contribution in [0.15, 0.2) is 23.1 Å². The minimum absolute atomic E-state index is 0.465.